The Balaban J connectivity index is 1.41. The number of benzene rings is 2. The molecule has 4 heteroatoms. The smallest absolute Gasteiger partial charge is 0.330 e. The summed E-state index contributed by atoms with van der Waals surface area (Å²) < 4.78 is 10.6. The van der Waals surface area contributed by atoms with Gasteiger partial charge >= 0.3 is 5.97 Å². The van der Waals surface area contributed by atoms with Crippen molar-refractivity contribution in [2.75, 3.05) is 18.1 Å². The van der Waals surface area contributed by atoms with Gasteiger partial charge in [-0.1, -0.05) is 66.8 Å². The van der Waals surface area contributed by atoms with Crippen LogP contribution in [0.3, 0.4) is 0 Å². The molecule has 4 nitrogen and oxygen atoms in total. The number of carbonyl (C=O) groups excluding carboxylic acids is 1. The molecule has 0 spiro atoms. The first-order chi connectivity index (χ1) is 16.6. The van der Waals surface area contributed by atoms with Gasteiger partial charge in [-0.05, 0) is 67.7 Å². The van der Waals surface area contributed by atoms with Gasteiger partial charge in [-0.25, -0.2) is 4.79 Å². The molecule has 0 N–H and O–H groups in total. The van der Waals surface area contributed by atoms with Crippen molar-refractivity contribution in [3.63, 3.8) is 0 Å². The fourth-order valence-corrected chi connectivity index (χ4v) is 4.19. The number of aryl methyl sites for hydroxylation is 1. The molecule has 2 aliphatic carbocycles. The number of allylic oxidation sites excluding steroid dienone is 6. The summed E-state index contributed by atoms with van der Waals surface area (Å²) in [7, 11) is 0. The lowest BCUT2D eigenvalue weighted by atomic mass is 9.95. The highest BCUT2D eigenvalue weighted by atomic mass is 16.6. The Morgan fingerprint density at radius 3 is 2.56 bits per heavy atom. The highest BCUT2D eigenvalue weighted by molar-refractivity contribution is 5.81. The maximum absolute atomic E-state index is 11.1. The maximum atomic E-state index is 11.1. The minimum atomic E-state index is -0.439. The molecule has 0 saturated carbocycles. The molecule has 1 atom stereocenters. The molecular weight excluding hydrogens is 422 g/mol. The molecule has 2 aromatic rings. The van der Waals surface area contributed by atoms with E-state index >= 15 is 0 Å². The van der Waals surface area contributed by atoms with Gasteiger partial charge in [-0.3, -0.25) is 0 Å². The lowest BCUT2D eigenvalue weighted by Crippen LogP contribution is -2.34. The Morgan fingerprint density at radius 1 is 1.12 bits per heavy atom. The lowest BCUT2D eigenvalue weighted by molar-refractivity contribution is -0.138. The van der Waals surface area contributed by atoms with Crippen molar-refractivity contribution in [1.29, 1.82) is 0 Å². The number of carbonyl (C=O) groups is 1. The van der Waals surface area contributed by atoms with E-state index in [2.05, 4.69) is 91.3 Å². The van der Waals surface area contributed by atoms with Crippen LogP contribution in [-0.2, 0) is 9.53 Å². The first kappa shape index (κ1) is 23.4. The second-order valence-electron chi connectivity index (χ2n) is 8.40. The highest BCUT2D eigenvalue weighted by Gasteiger charge is 2.22. The van der Waals surface area contributed by atoms with Crippen LogP contribution >= 0.6 is 0 Å². The minimum absolute atomic E-state index is 0.200. The zero-order chi connectivity index (χ0) is 23.8. The van der Waals surface area contributed by atoms with Crippen LogP contribution in [0.15, 0.2) is 103 Å². The quantitative estimate of drug-likeness (QED) is 0.245. The van der Waals surface area contributed by atoms with Crippen molar-refractivity contribution in [3.05, 3.63) is 114 Å². The molecule has 174 valence electrons. The molecule has 0 aromatic heterocycles. The average molecular weight is 454 g/mol. The van der Waals surface area contributed by atoms with Crippen molar-refractivity contribution < 1.29 is 14.3 Å². The average Bonchev–Trinajstić information content (AvgIpc) is 2.89. The van der Waals surface area contributed by atoms with Crippen molar-refractivity contribution >= 4 is 17.2 Å². The van der Waals surface area contributed by atoms with Crippen LogP contribution in [0, 0.1) is 6.92 Å². The van der Waals surface area contributed by atoms with E-state index < -0.39 is 5.97 Å². The van der Waals surface area contributed by atoms with Gasteiger partial charge in [0.15, 0.2) is 0 Å². The van der Waals surface area contributed by atoms with E-state index in [1.54, 1.807) is 0 Å². The molecule has 0 saturated heterocycles. The van der Waals surface area contributed by atoms with E-state index in [4.69, 9.17) is 9.47 Å². The summed E-state index contributed by atoms with van der Waals surface area (Å²) in [5.74, 6) is 0.310. The van der Waals surface area contributed by atoms with Crippen LogP contribution in [0.2, 0.25) is 0 Å². The first-order valence-corrected chi connectivity index (χ1v) is 11.8. The summed E-state index contributed by atoms with van der Waals surface area (Å²) >= 11 is 0. The Kier molecular flexibility index (Phi) is 7.82. The molecule has 0 amide bonds. The third-order valence-corrected chi connectivity index (χ3v) is 5.97. The Labute approximate surface area is 202 Å². The van der Waals surface area contributed by atoms with E-state index in [1.807, 2.05) is 12.1 Å². The minimum Gasteiger partial charge on any atom is -0.490 e. The van der Waals surface area contributed by atoms with Gasteiger partial charge < -0.3 is 14.4 Å². The Bertz CT molecular complexity index is 1120. The van der Waals surface area contributed by atoms with Gasteiger partial charge in [0.1, 0.15) is 19.0 Å². The summed E-state index contributed by atoms with van der Waals surface area (Å²) in [5.41, 5.74) is 6.23. The Hall–Kier alpha value is -3.79. The number of anilines is 1. The second-order valence-corrected chi connectivity index (χ2v) is 8.40. The van der Waals surface area contributed by atoms with E-state index in [0.717, 1.165) is 36.7 Å². The predicted octanol–water partition coefficient (Wildman–Crippen LogP) is 6.56. The zero-order valence-corrected chi connectivity index (χ0v) is 19.7. The number of ether oxygens (including phenoxy) is 2. The van der Waals surface area contributed by atoms with Crippen LogP contribution in [0.1, 0.15) is 30.4 Å². The van der Waals surface area contributed by atoms with Gasteiger partial charge in [-0.15, -0.1) is 0 Å². The Morgan fingerprint density at radius 2 is 1.91 bits per heavy atom. The van der Waals surface area contributed by atoms with Crippen molar-refractivity contribution in [3.8, 4) is 5.75 Å². The van der Waals surface area contributed by atoms with Crippen LogP contribution < -0.4 is 9.64 Å². The molecular formula is C30H31NO3. The van der Waals surface area contributed by atoms with E-state index in [-0.39, 0.29) is 12.6 Å². The normalized spacial score (nSPS) is 16.9. The maximum Gasteiger partial charge on any atom is 0.330 e. The number of hydrogen-bond donors (Lipinski definition) is 0. The molecule has 2 aromatic carbocycles. The first-order valence-electron chi connectivity index (χ1n) is 11.8. The van der Waals surface area contributed by atoms with Gasteiger partial charge in [0, 0.05) is 17.5 Å². The van der Waals surface area contributed by atoms with Crippen LogP contribution in [-0.4, -0.2) is 25.2 Å². The van der Waals surface area contributed by atoms with Crippen LogP contribution in [0.5, 0.6) is 5.75 Å². The summed E-state index contributed by atoms with van der Waals surface area (Å²) in [4.78, 5) is 13.5. The van der Waals surface area contributed by atoms with E-state index in [1.165, 1.54) is 22.5 Å². The monoisotopic (exact) mass is 453 g/mol. The third kappa shape index (κ3) is 5.96. The SMILES string of the molecule is C=CC(=O)OCCOc1ccc(C2=CCC(N(C3=CC=CCC3)c3ccc(C)cc3)C=C2)cc1. The number of hydrogen-bond acceptors (Lipinski definition) is 4. The molecule has 0 bridgehead atoms. The zero-order valence-electron chi connectivity index (χ0n) is 19.7. The fourth-order valence-electron chi connectivity index (χ4n) is 4.19. The molecule has 0 radical (unpaired) electrons. The van der Waals surface area contributed by atoms with Crippen molar-refractivity contribution in [2.24, 2.45) is 0 Å². The summed E-state index contributed by atoms with van der Waals surface area (Å²) in [6.07, 6.45) is 17.7. The summed E-state index contributed by atoms with van der Waals surface area (Å²) in [5, 5.41) is 0. The van der Waals surface area contributed by atoms with Gasteiger partial charge in [0.25, 0.3) is 0 Å². The largest absolute Gasteiger partial charge is 0.490 e. The molecule has 1 unspecified atom stereocenters. The topological polar surface area (TPSA) is 38.8 Å². The summed E-state index contributed by atoms with van der Waals surface area (Å²) in [6, 6.07) is 17.1. The number of nitrogens with zero attached hydrogens (tertiary/aromatic N) is 1. The number of rotatable bonds is 9. The van der Waals surface area contributed by atoms with Crippen LogP contribution in [0.4, 0.5) is 5.69 Å². The molecule has 0 heterocycles. The molecule has 4 rings (SSSR count). The van der Waals surface area contributed by atoms with Gasteiger partial charge in [0.05, 0.1) is 6.04 Å². The fraction of sp³-hybridized carbons (Fsp3) is 0.233. The predicted molar refractivity (Wildman–Crippen MR) is 139 cm³/mol. The molecule has 0 aliphatic heterocycles. The lowest BCUT2D eigenvalue weighted by Gasteiger charge is -2.35. The van der Waals surface area contributed by atoms with Crippen LogP contribution in [0.25, 0.3) is 5.57 Å². The van der Waals surface area contributed by atoms with Gasteiger partial charge in [0.2, 0.25) is 0 Å². The third-order valence-electron chi connectivity index (χ3n) is 5.97. The highest BCUT2D eigenvalue weighted by Crippen LogP contribution is 2.32. The molecule has 2 aliphatic rings. The standard InChI is InChI=1S/C30H31NO3/c1-3-30(32)34-22-21-33-29-19-13-25(14-20-29)24-11-17-28(18-12-24)31(26-7-5-4-6-8-26)27-15-9-23(2)10-16-27/h3-5,7,9-17,19-20,28H,1,6,8,18,21-22H2,2H3. The number of esters is 1. The van der Waals surface area contributed by atoms with Gasteiger partial charge in [-0.2, -0.15) is 0 Å². The molecule has 34 heavy (non-hydrogen) atoms. The van der Waals surface area contributed by atoms with E-state index in [0.29, 0.717) is 6.61 Å². The van der Waals surface area contributed by atoms with Crippen molar-refractivity contribution in [1.82, 2.24) is 0 Å². The summed E-state index contributed by atoms with van der Waals surface area (Å²) in [6.45, 7) is 6.01. The second kappa shape index (κ2) is 11.4. The molecule has 0 fully saturated rings. The van der Waals surface area contributed by atoms with Crippen molar-refractivity contribution in [2.45, 2.75) is 32.2 Å². The van der Waals surface area contributed by atoms with E-state index in [9.17, 15) is 4.79 Å².